The van der Waals surface area contributed by atoms with Crippen LogP contribution in [0, 0.1) is 6.92 Å². The molecule has 1 fully saturated rings. The molecule has 1 saturated heterocycles. The highest BCUT2D eigenvalue weighted by atomic mass is 35.5. The maximum atomic E-state index is 13.3. The van der Waals surface area contributed by atoms with Gasteiger partial charge in [0.1, 0.15) is 37.3 Å². The Morgan fingerprint density at radius 3 is 1.96 bits per heavy atom. The molecule has 0 radical (unpaired) electrons. The van der Waals surface area contributed by atoms with Gasteiger partial charge in [0.2, 0.25) is 40.2 Å². The molecule has 472 valence electrons. The lowest BCUT2D eigenvalue weighted by molar-refractivity contribution is -0.432. The first kappa shape index (κ1) is 66.7. The second-order valence-corrected chi connectivity index (χ2v) is 24.2. The number of benzene rings is 4. The Bertz CT molecular complexity index is 4420. The first-order valence-electron chi connectivity index (χ1n) is 24.5. The van der Waals surface area contributed by atoms with Crippen molar-refractivity contribution in [2.24, 2.45) is 31.9 Å². The van der Waals surface area contributed by atoms with Crippen molar-refractivity contribution in [3.8, 4) is 5.88 Å². The largest absolute Gasteiger partial charge is 0.494 e. The van der Waals surface area contributed by atoms with Gasteiger partial charge < -0.3 is 42.7 Å². The van der Waals surface area contributed by atoms with Crippen LogP contribution in [0.2, 0.25) is 10.6 Å². The van der Waals surface area contributed by atoms with Crippen LogP contribution in [0.5, 0.6) is 5.88 Å². The molecular formula is C44H43Cl2N19O19S5. The molecule has 0 bridgehead atoms. The lowest BCUT2D eigenvalue weighted by Gasteiger charge is -2.34. The Balaban J connectivity index is 0.941. The number of piperazine rings is 1. The maximum Gasteiger partial charge on any atom is 0.316 e. The maximum absolute atomic E-state index is 13.3. The zero-order chi connectivity index (χ0) is 64.7. The number of rotatable bonds is 25. The molecule has 89 heavy (non-hydrogen) atoms. The minimum absolute atomic E-state index is 0.0328. The average molecular weight is 1370 g/mol. The van der Waals surface area contributed by atoms with E-state index in [1.165, 1.54) is 38.1 Å². The number of amides is 3. The number of carbonyl (C=O) groups excluding carboxylic acids is 2. The highest BCUT2D eigenvalue weighted by molar-refractivity contribution is 7.95. The zero-order valence-electron chi connectivity index (χ0n) is 44.9. The molecule has 8 rings (SSSR count). The number of azo groups is 2. The molecule has 0 aliphatic carbocycles. The van der Waals surface area contributed by atoms with Crippen molar-refractivity contribution in [2.45, 2.75) is 44.9 Å². The van der Waals surface area contributed by atoms with Crippen molar-refractivity contribution in [1.29, 1.82) is 0 Å². The van der Waals surface area contributed by atoms with Gasteiger partial charge in [0.05, 0.1) is 40.4 Å². The second kappa shape index (κ2) is 28.1. The summed E-state index contributed by atoms with van der Waals surface area (Å²) in [6.45, 7) is 5.01. The number of primary amides is 2. The first-order chi connectivity index (χ1) is 42.0. The summed E-state index contributed by atoms with van der Waals surface area (Å²) in [4.78, 5) is 64.2. The van der Waals surface area contributed by atoms with Crippen LogP contribution < -0.4 is 43.2 Å². The highest BCUT2D eigenvalue weighted by Crippen LogP contribution is 2.41. The lowest BCUT2D eigenvalue weighted by atomic mass is 10.1. The number of urea groups is 1. The van der Waals surface area contributed by atoms with E-state index in [1.807, 2.05) is 4.90 Å². The third-order valence-electron chi connectivity index (χ3n) is 12.2. The summed E-state index contributed by atoms with van der Waals surface area (Å²) in [6, 6.07) is 8.66. The number of carbonyl (C=O) groups is 2. The van der Waals surface area contributed by atoms with Gasteiger partial charge >= 0.3 is 6.03 Å². The topological polar surface area (TPSA) is 550 Å². The van der Waals surface area contributed by atoms with E-state index >= 15 is 0 Å². The number of anilines is 7. The van der Waals surface area contributed by atoms with E-state index in [2.05, 4.69) is 95.3 Å². The molecule has 0 spiro atoms. The van der Waals surface area contributed by atoms with Crippen LogP contribution in [0.15, 0.2) is 104 Å². The Kier molecular flexibility index (Phi) is 21.1. The van der Waals surface area contributed by atoms with Gasteiger partial charge in [-0.05, 0) is 97.0 Å². The molecule has 1 aliphatic heterocycles. The molecule has 4 aromatic carbocycles. The fraction of sp³-hybridized carbons (Fsp3) is 0.205. The van der Waals surface area contributed by atoms with Crippen LogP contribution in [0.4, 0.5) is 68.4 Å². The standard InChI is InChI=1S/C44H43Cl2N19O19S5/c1-3-65-36(67)33(35(47)66)19(2)34(37(65)68)62-61-28-17-26(29(86-84-82-71)18-32(28)89(78,79)80)52-43-54-38(45)53-41(57-43)49-6-7-63-8-10-64(11-9-63)44-56-39(46)55-42(58-44)50-21-4-5-24(25(14-21)51-40(48)69)59-60-27-16-23-20(13-31(27)88(75,76)77)12-22(85-83-81-70)15-30(23)87(72,73)74/h4-5,12-18,67,70-71H,3,6-11H2,1-2H3,(H2,47,66)(H3,48,51,69)(H,72,73,74)(H,75,76,77)(H,78,79,80)(H,50,55,56,58)(H2,49,52,53,54,57). The normalized spacial score (nSPS) is 13.4. The summed E-state index contributed by atoms with van der Waals surface area (Å²) in [5.74, 6) is -1.98. The van der Waals surface area contributed by atoms with Gasteiger partial charge in [-0.15, -0.1) is 29.1 Å². The number of aromatic nitrogens is 7. The number of nitrogens with zero attached hydrogens (tertiary/aromatic N) is 13. The fourth-order valence-electron chi connectivity index (χ4n) is 8.40. The van der Waals surface area contributed by atoms with Crippen molar-refractivity contribution >= 4 is 164 Å². The molecule has 1 aliphatic rings. The SMILES string of the molecule is CCn1c(O)c(C(N)=O)c(C)c(N=Nc2cc(Nc3nc(Cl)nc(NCCN4CCN(c5nc(Cl)nc(Nc6ccc(N=Nc7cc8c(S(=O)(=O)O)cc(SOOO)cc8cc7S(=O)(=O)O)c(NC(N)=O)c6)n5)CC4)n3)c(SOOO)cc2S(=O)(=O)O)c1=O. The summed E-state index contributed by atoms with van der Waals surface area (Å²) in [5.41, 5.74) is 7.45. The van der Waals surface area contributed by atoms with Gasteiger partial charge in [-0.3, -0.25) is 32.7 Å². The van der Waals surface area contributed by atoms with Crippen molar-refractivity contribution < 1.29 is 82.9 Å². The van der Waals surface area contributed by atoms with Gasteiger partial charge in [-0.25, -0.2) is 15.3 Å². The zero-order valence-corrected chi connectivity index (χ0v) is 50.5. The summed E-state index contributed by atoms with van der Waals surface area (Å²) in [7, 11) is -15.2. The number of nitrogens with two attached hydrogens (primary N) is 2. The van der Waals surface area contributed by atoms with Crippen LogP contribution >= 0.6 is 47.3 Å². The Hall–Kier alpha value is -8.22. The molecule has 3 amide bonds. The summed E-state index contributed by atoms with van der Waals surface area (Å²) in [6.07, 6.45) is 0. The van der Waals surface area contributed by atoms with Crippen LogP contribution in [-0.4, -0.2) is 145 Å². The van der Waals surface area contributed by atoms with E-state index < -0.39 is 91.0 Å². The number of aromatic hydroxyl groups is 1. The number of fused-ring (bicyclic) bond motifs is 1. The molecular weight excluding hydrogens is 1330 g/mol. The van der Waals surface area contributed by atoms with Gasteiger partial charge in [0, 0.05) is 67.3 Å². The van der Waals surface area contributed by atoms with Crippen LogP contribution in [0.1, 0.15) is 22.8 Å². The summed E-state index contributed by atoms with van der Waals surface area (Å²) < 4.78 is 115. The van der Waals surface area contributed by atoms with Crippen molar-refractivity contribution in [3.63, 3.8) is 0 Å². The molecule has 38 nitrogen and oxygen atoms in total. The Morgan fingerprint density at radius 2 is 1.31 bits per heavy atom. The third-order valence-corrected chi connectivity index (χ3v) is 16.4. The predicted molar refractivity (Wildman–Crippen MR) is 314 cm³/mol. The lowest BCUT2D eigenvalue weighted by Crippen LogP contribution is -2.48. The molecule has 3 aromatic heterocycles. The Morgan fingerprint density at radius 1 is 0.708 bits per heavy atom. The van der Waals surface area contributed by atoms with E-state index in [4.69, 9.17) is 45.2 Å². The molecule has 7 aromatic rings. The number of hydrogen-bond donors (Lipinski definition) is 12. The molecule has 0 unspecified atom stereocenters. The summed E-state index contributed by atoms with van der Waals surface area (Å²) in [5, 5.41) is 61.1. The van der Waals surface area contributed by atoms with Crippen molar-refractivity contribution in [2.75, 3.05) is 65.4 Å². The van der Waals surface area contributed by atoms with Gasteiger partial charge in [-0.2, -0.15) is 55.2 Å². The van der Waals surface area contributed by atoms with Gasteiger partial charge in [0.25, 0.3) is 41.8 Å². The summed E-state index contributed by atoms with van der Waals surface area (Å²) >= 11 is 13.2. The van der Waals surface area contributed by atoms with E-state index in [0.29, 0.717) is 44.8 Å². The van der Waals surface area contributed by atoms with Crippen LogP contribution in [0.25, 0.3) is 10.8 Å². The van der Waals surface area contributed by atoms with E-state index in [-0.39, 0.29) is 108 Å². The molecule has 45 heteroatoms. The van der Waals surface area contributed by atoms with Gasteiger partial charge in [0.15, 0.2) is 5.69 Å². The first-order valence-corrected chi connectivity index (χ1v) is 31.0. The molecule has 4 heterocycles. The van der Waals surface area contributed by atoms with E-state index in [1.54, 1.807) is 0 Å². The monoisotopic (exact) mass is 1370 g/mol. The highest BCUT2D eigenvalue weighted by Gasteiger charge is 2.27. The van der Waals surface area contributed by atoms with Crippen LogP contribution in [0.3, 0.4) is 0 Å². The Labute approximate surface area is 518 Å². The number of nitrogens with one attached hydrogen (secondary N) is 4. The number of halogens is 2. The fourth-order valence-corrected chi connectivity index (χ4v) is 11.8. The minimum atomic E-state index is -5.13. The number of hydrogen-bond acceptors (Lipinski definition) is 33. The predicted octanol–water partition coefficient (Wildman–Crippen LogP) is 6.45. The van der Waals surface area contributed by atoms with Crippen molar-refractivity contribution in [3.05, 3.63) is 86.6 Å². The number of pyridine rings is 1. The van der Waals surface area contributed by atoms with E-state index in [9.17, 15) is 58.4 Å². The van der Waals surface area contributed by atoms with Gasteiger partial charge in [-0.1, -0.05) is 10.1 Å². The quantitative estimate of drug-likeness (QED) is 0.00961. The van der Waals surface area contributed by atoms with Crippen LogP contribution in [-0.2, 0) is 55.6 Å². The molecule has 0 atom stereocenters. The average Bonchev–Trinajstić information content (AvgIpc) is 0.822. The molecule has 14 N–H and O–H groups in total. The molecule has 0 saturated carbocycles. The van der Waals surface area contributed by atoms with E-state index in [0.717, 1.165) is 34.9 Å². The third kappa shape index (κ3) is 16.5. The second-order valence-electron chi connectivity index (χ2n) is 17.8. The van der Waals surface area contributed by atoms with Crippen molar-refractivity contribution in [1.82, 2.24) is 39.4 Å². The smallest absolute Gasteiger partial charge is 0.316 e. The minimum Gasteiger partial charge on any atom is -0.494 e.